The number of likely N-dealkylation sites (tertiary alicyclic amines) is 1. The molecule has 1 N–H and O–H groups in total. The quantitative estimate of drug-likeness (QED) is 0.829. The number of aromatic nitrogens is 2. The van der Waals surface area contributed by atoms with E-state index in [-0.39, 0.29) is 6.10 Å². The number of aliphatic hydroxyl groups excluding tert-OH is 1. The molecule has 8 heteroatoms. The Kier molecular flexibility index (Phi) is 5.17. The topological polar surface area (TPSA) is 72.9 Å². The molecule has 1 aromatic heterocycles. The number of methoxy groups -OCH3 is 2. The molecule has 0 bridgehead atoms. The molecular weight excluding hydrogens is 330 g/mol. The van der Waals surface area contributed by atoms with Crippen molar-refractivity contribution in [3.8, 4) is 23.0 Å². The summed E-state index contributed by atoms with van der Waals surface area (Å²) in [4.78, 5) is 2.42. The average Bonchev–Trinajstić information content (AvgIpc) is 2.95. The summed E-state index contributed by atoms with van der Waals surface area (Å²) in [6, 6.07) is 5.44. The number of hydrogen-bond acceptors (Lipinski definition) is 7. The molecule has 2 heterocycles. The van der Waals surface area contributed by atoms with Crippen LogP contribution >= 0.6 is 12.2 Å². The van der Waals surface area contributed by atoms with Gasteiger partial charge in [-0.05, 0) is 43.3 Å². The molecule has 24 heavy (non-hydrogen) atoms. The molecule has 3 rings (SSSR count). The van der Waals surface area contributed by atoms with Crippen molar-refractivity contribution >= 4 is 12.2 Å². The number of hydrogen-bond donors (Lipinski definition) is 1. The SMILES string of the molecule is COc1ccc(-c2nn(CN3CCC[C@@H](O)C3)c(=S)o2)cc1OC. The highest BCUT2D eigenvalue weighted by molar-refractivity contribution is 7.71. The van der Waals surface area contributed by atoms with E-state index in [4.69, 9.17) is 26.1 Å². The fraction of sp³-hybridized carbons (Fsp3) is 0.500. The molecule has 1 aromatic carbocycles. The normalized spacial score (nSPS) is 18.5. The van der Waals surface area contributed by atoms with Gasteiger partial charge in [-0.3, -0.25) is 4.90 Å². The van der Waals surface area contributed by atoms with Gasteiger partial charge < -0.3 is 19.0 Å². The van der Waals surface area contributed by atoms with E-state index >= 15 is 0 Å². The summed E-state index contributed by atoms with van der Waals surface area (Å²) in [6.07, 6.45) is 1.53. The molecule has 0 unspecified atom stereocenters. The number of aliphatic hydroxyl groups is 1. The van der Waals surface area contributed by atoms with Crippen molar-refractivity contribution < 1.29 is 19.0 Å². The van der Waals surface area contributed by atoms with Crippen molar-refractivity contribution in [1.82, 2.24) is 14.7 Å². The van der Waals surface area contributed by atoms with Crippen LogP contribution in [-0.4, -0.2) is 53.2 Å². The zero-order valence-electron chi connectivity index (χ0n) is 13.8. The summed E-state index contributed by atoms with van der Waals surface area (Å²) >= 11 is 5.27. The van der Waals surface area contributed by atoms with Gasteiger partial charge in [-0.25, -0.2) is 4.68 Å². The maximum Gasteiger partial charge on any atom is 0.288 e. The third-order valence-electron chi connectivity index (χ3n) is 4.05. The van der Waals surface area contributed by atoms with Gasteiger partial charge in [-0.2, -0.15) is 0 Å². The molecule has 0 saturated carbocycles. The van der Waals surface area contributed by atoms with Crippen LogP contribution in [0.2, 0.25) is 0 Å². The smallest absolute Gasteiger partial charge is 0.288 e. The minimum absolute atomic E-state index is 0.287. The summed E-state index contributed by atoms with van der Waals surface area (Å²) in [5.41, 5.74) is 0.760. The maximum absolute atomic E-state index is 9.77. The maximum atomic E-state index is 9.77. The molecule has 2 aromatic rings. The van der Waals surface area contributed by atoms with E-state index in [1.165, 1.54) is 0 Å². The highest BCUT2D eigenvalue weighted by atomic mass is 32.1. The lowest BCUT2D eigenvalue weighted by atomic mass is 10.1. The van der Waals surface area contributed by atoms with E-state index in [0.717, 1.165) is 24.9 Å². The summed E-state index contributed by atoms with van der Waals surface area (Å²) in [6.45, 7) is 2.05. The highest BCUT2D eigenvalue weighted by Gasteiger charge is 2.19. The minimum atomic E-state index is -0.287. The first-order valence-corrected chi connectivity index (χ1v) is 8.22. The Balaban J connectivity index is 1.82. The molecule has 0 aliphatic carbocycles. The van der Waals surface area contributed by atoms with Crippen molar-refractivity contribution in [2.75, 3.05) is 27.3 Å². The number of ether oxygens (including phenoxy) is 2. The van der Waals surface area contributed by atoms with Crippen LogP contribution in [0.5, 0.6) is 11.5 Å². The fourth-order valence-corrected chi connectivity index (χ4v) is 3.01. The second-order valence-corrected chi connectivity index (χ2v) is 6.11. The number of rotatable bonds is 5. The molecule has 1 aliphatic heterocycles. The highest BCUT2D eigenvalue weighted by Crippen LogP contribution is 2.31. The van der Waals surface area contributed by atoms with Crippen LogP contribution in [0.4, 0.5) is 0 Å². The number of nitrogens with zero attached hydrogens (tertiary/aromatic N) is 3. The van der Waals surface area contributed by atoms with Gasteiger partial charge in [0, 0.05) is 18.7 Å². The van der Waals surface area contributed by atoms with Crippen molar-refractivity contribution in [3.05, 3.63) is 23.0 Å². The lowest BCUT2D eigenvalue weighted by Crippen LogP contribution is -2.39. The van der Waals surface area contributed by atoms with E-state index in [1.54, 1.807) is 31.0 Å². The summed E-state index contributed by atoms with van der Waals surface area (Å²) < 4.78 is 17.8. The van der Waals surface area contributed by atoms with Crippen LogP contribution in [0.25, 0.3) is 11.5 Å². The standard InChI is InChI=1S/C16H21N3O4S/c1-21-13-6-5-11(8-14(13)22-2)15-17-19(16(24)23-15)10-18-7-3-4-12(20)9-18/h5-6,8,12,20H,3-4,7,9-10H2,1-2H3/t12-/m1/s1. The van der Waals surface area contributed by atoms with Crippen LogP contribution in [-0.2, 0) is 6.67 Å². The van der Waals surface area contributed by atoms with Crippen LogP contribution in [0.1, 0.15) is 12.8 Å². The molecule has 7 nitrogen and oxygen atoms in total. The fourth-order valence-electron chi connectivity index (χ4n) is 2.83. The molecule has 0 radical (unpaired) electrons. The zero-order valence-corrected chi connectivity index (χ0v) is 14.6. The van der Waals surface area contributed by atoms with Crippen molar-refractivity contribution in [3.63, 3.8) is 0 Å². The summed E-state index contributed by atoms with van der Waals surface area (Å²) in [7, 11) is 3.17. The molecule has 130 valence electrons. The monoisotopic (exact) mass is 351 g/mol. The first-order chi connectivity index (χ1) is 11.6. The Bertz CT molecular complexity index is 758. The molecule has 1 atom stereocenters. The second kappa shape index (κ2) is 7.33. The van der Waals surface area contributed by atoms with Crippen LogP contribution in [0.3, 0.4) is 0 Å². The first kappa shape index (κ1) is 16.9. The number of β-amino-alcohol motifs (C(OH)–C–C–N with tert-alkyl or cyclic N) is 1. The molecular formula is C16H21N3O4S. The molecule has 1 saturated heterocycles. The van der Waals surface area contributed by atoms with Crippen molar-refractivity contribution in [1.29, 1.82) is 0 Å². The first-order valence-electron chi connectivity index (χ1n) is 7.81. The molecule has 1 aliphatic rings. The lowest BCUT2D eigenvalue weighted by Gasteiger charge is -2.29. The van der Waals surface area contributed by atoms with Crippen molar-refractivity contribution in [2.24, 2.45) is 0 Å². The Morgan fingerprint density at radius 2 is 2.12 bits per heavy atom. The van der Waals surface area contributed by atoms with Gasteiger partial charge in [-0.1, -0.05) is 0 Å². The lowest BCUT2D eigenvalue weighted by molar-refractivity contribution is 0.0509. The van der Waals surface area contributed by atoms with Gasteiger partial charge in [-0.15, -0.1) is 5.10 Å². The van der Waals surface area contributed by atoms with Crippen LogP contribution in [0, 0.1) is 4.84 Å². The van der Waals surface area contributed by atoms with Gasteiger partial charge in [0.25, 0.3) is 4.84 Å². The number of piperidine rings is 1. The number of benzene rings is 1. The van der Waals surface area contributed by atoms with Crippen molar-refractivity contribution in [2.45, 2.75) is 25.6 Å². The van der Waals surface area contributed by atoms with Gasteiger partial charge in [0.1, 0.15) is 0 Å². The van der Waals surface area contributed by atoms with E-state index < -0.39 is 0 Å². The van der Waals surface area contributed by atoms with E-state index in [0.29, 0.717) is 35.4 Å². The summed E-state index contributed by atoms with van der Waals surface area (Å²) in [5, 5.41) is 14.2. The van der Waals surface area contributed by atoms with Crippen LogP contribution in [0.15, 0.2) is 22.6 Å². The van der Waals surface area contributed by atoms with E-state index in [1.807, 2.05) is 6.07 Å². The zero-order chi connectivity index (χ0) is 17.1. The predicted molar refractivity (Wildman–Crippen MR) is 90.7 cm³/mol. The molecule has 0 amide bonds. The van der Waals surface area contributed by atoms with Gasteiger partial charge >= 0.3 is 0 Å². The Morgan fingerprint density at radius 3 is 2.83 bits per heavy atom. The minimum Gasteiger partial charge on any atom is -0.493 e. The van der Waals surface area contributed by atoms with Crippen LogP contribution < -0.4 is 9.47 Å². The summed E-state index contributed by atoms with van der Waals surface area (Å²) in [5.74, 6) is 1.67. The largest absolute Gasteiger partial charge is 0.493 e. The third kappa shape index (κ3) is 3.61. The van der Waals surface area contributed by atoms with Gasteiger partial charge in [0.05, 0.1) is 27.0 Å². The van der Waals surface area contributed by atoms with Gasteiger partial charge in [0.15, 0.2) is 11.5 Å². The van der Waals surface area contributed by atoms with E-state index in [9.17, 15) is 5.11 Å². The Morgan fingerprint density at radius 1 is 1.33 bits per heavy atom. The van der Waals surface area contributed by atoms with E-state index in [2.05, 4.69) is 10.00 Å². The predicted octanol–water partition coefficient (Wildman–Crippen LogP) is 2.30. The van der Waals surface area contributed by atoms with Gasteiger partial charge in [0.2, 0.25) is 5.89 Å². The second-order valence-electron chi connectivity index (χ2n) is 5.76. The molecule has 0 spiro atoms. The molecule has 1 fully saturated rings. The average molecular weight is 351 g/mol. The Labute approximate surface area is 145 Å². The third-order valence-corrected chi connectivity index (χ3v) is 4.35. The Hall–Kier alpha value is -1.90.